The van der Waals surface area contributed by atoms with Crippen molar-refractivity contribution in [3.8, 4) is 22.3 Å². The molecule has 0 unspecified atom stereocenters. The van der Waals surface area contributed by atoms with Gasteiger partial charge in [0.05, 0.1) is 11.9 Å². The molecular weight excluding hydrogens is 292 g/mol. The minimum atomic E-state index is -0.180. The molecular formula is C12H10N6O2S. The molecule has 3 heterocycles. The van der Waals surface area contributed by atoms with Crippen LogP contribution >= 0.6 is 11.3 Å². The molecule has 3 rings (SSSR count). The van der Waals surface area contributed by atoms with Crippen molar-refractivity contribution in [2.24, 2.45) is 0 Å². The quantitative estimate of drug-likeness (QED) is 0.787. The zero-order valence-corrected chi connectivity index (χ0v) is 12.0. The maximum Gasteiger partial charge on any atom is 0.270 e. The third-order valence-corrected chi connectivity index (χ3v) is 3.55. The zero-order valence-electron chi connectivity index (χ0n) is 11.2. The number of carbonyl (C=O) groups excluding carboxylic acids is 1. The van der Waals surface area contributed by atoms with Crippen LogP contribution in [0.1, 0.15) is 12.6 Å². The first kappa shape index (κ1) is 13.3. The van der Waals surface area contributed by atoms with E-state index in [0.717, 1.165) is 0 Å². The number of aromatic nitrogens is 5. The summed E-state index contributed by atoms with van der Waals surface area (Å²) in [4.78, 5) is 28.3. The van der Waals surface area contributed by atoms with Gasteiger partial charge < -0.3 is 9.84 Å². The highest BCUT2D eigenvalue weighted by Gasteiger charge is 2.18. The zero-order chi connectivity index (χ0) is 14.8. The normalized spacial score (nSPS) is 10.6. The second-order valence-corrected chi connectivity index (χ2v) is 5.13. The Morgan fingerprint density at radius 3 is 2.90 bits per heavy atom. The van der Waals surface area contributed by atoms with Gasteiger partial charge >= 0.3 is 0 Å². The van der Waals surface area contributed by atoms with Crippen LogP contribution in [0.4, 0.5) is 5.13 Å². The maximum atomic E-state index is 11.0. The monoisotopic (exact) mass is 302 g/mol. The molecule has 3 aromatic rings. The Bertz CT molecular complexity index is 782. The summed E-state index contributed by atoms with van der Waals surface area (Å²) < 4.78 is 5.23. The highest BCUT2D eigenvalue weighted by Crippen LogP contribution is 2.32. The minimum absolute atomic E-state index is 0.180. The Morgan fingerprint density at radius 1 is 1.33 bits per heavy atom. The van der Waals surface area contributed by atoms with Gasteiger partial charge in [-0.05, 0) is 6.92 Å². The van der Waals surface area contributed by atoms with Crippen LogP contribution in [-0.4, -0.2) is 31.0 Å². The molecule has 0 aliphatic carbocycles. The number of anilines is 1. The van der Waals surface area contributed by atoms with Gasteiger partial charge in [0.25, 0.3) is 5.89 Å². The first-order chi connectivity index (χ1) is 10.1. The van der Waals surface area contributed by atoms with E-state index in [4.69, 9.17) is 4.52 Å². The van der Waals surface area contributed by atoms with Crippen LogP contribution in [-0.2, 0) is 4.79 Å². The van der Waals surface area contributed by atoms with E-state index in [1.165, 1.54) is 18.3 Å². The Hall–Kier alpha value is -2.68. The standard InChI is InChI=1S/C12H10N6O2S/c1-6-9(21-12(15-6)16-7(2)19)11-17-10(18-20-11)8-5-13-3-4-14-8/h3-5H,1-2H3,(H,15,16,19). The van der Waals surface area contributed by atoms with Crippen molar-refractivity contribution in [2.45, 2.75) is 13.8 Å². The van der Waals surface area contributed by atoms with Gasteiger partial charge in [0, 0.05) is 19.3 Å². The molecule has 0 aliphatic heterocycles. The summed E-state index contributed by atoms with van der Waals surface area (Å²) in [5, 5.41) is 7.00. The number of rotatable bonds is 3. The topological polar surface area (TPSA) is 107 Å². The van der Waals surface area contributed by atoms with Crippen molar-refractivity contribution in [3.05, 3.63) is 24.3 Å². The second kappa shape index (κ2) is 5.37. The lowest BCUT2D eigenvalue weighted by atomic mass is 10.4. The molecule has 0 saturated heterocycles. The molecule has 0 radical (unpaired) electrons. The summed E-state index contributed by atoms with van der Waals surface area (Å²) in [6.07, 6.45) is 4.67. The molecule has 0 saturated carbocycles. The van der Waals surface area contributed by atoms with Gasteiger partial charge in [0.1, 0.15) is 10.6 Å². The Balaban J connectivity index is 1.93. The summed E-state index contributed by atoms with van der Waals surface area (Å²) >= 11 is 1.27. The predicted molar refractivity (Wildman–Crippen MR) is 75.5 cm³/mol. The SMILES string of the molecule is CC(=O)Nc1nc(C)c(-c2nc(-c3cnccn3)no2)s1. The number of hydrogen-bond acceptors (Lipinski definition) is 8. The second-order valence-electron chi connectivity index (χ2n) is 4.13. The van der Waals surface area contributed by atoms with Crippen molar-refractivity contribution in [1.29, 1.82) is 0 Å². The molecule has 1 amide bonds. The number of aryl methyl sites for hydroxylation is 1. The van der Waals surface area contributed by atoms with Crippen LogP contribution in [0.2, 0.25) is 0 Å². The fourth-order valence-electron chi connectivity index (χ4n) is 1.63. The molecule has 21 heavy (non-hydrogen) atoms. The first-order valence-corrected chi connectivity index (χ1v) is 6.80. The molecule has 0 aliphatic rings. The molecule has 0 fully saturated rings. The van der Waals surface area contributed by atoms with Crippen molar-refractivity contribution in [1.82, 2.24) is 25.1 Å². The van der Waals surface area contributed by atoms with Gasteiger partial charge in [-0.3, -0.25) is 9.78 Å². The molecule has 9 heteroatoms. The van der Waals surface area contributed by atoms with E-state index in [0.29, 0.717) is 33.1 Å². The minimum Gasteiger partial charge on any atom is -0.333 e. The van der Waals surface area contributed by atoms with E-state index in [9.17, 15) is 4.79 Å². The van der Waals surface area contributed by atoms with Crippen molar-refractivity contribution >= 4 is 22.4 Å². The number of carbonyl (C=O) groups is 1. The molecule has 0 aromatic carbocycles. The highest BCUT2D eigenvalue weighted by molar-refractivity contribution is 7.19. The molecule has 1 N–H and O–H groups in total. The van der Waals surface area contributed by atoms with Crippen molar-refractivity contribution in [2.75, 3.05) is 5.32 Å². The molecule has 0 bridgehead atoms. The van der Waals surface area contributed by atoms with Crippen molar-refractivity contribution in [3.63, 3.8) is 0 Å². The summed E-state index contributed by atoms with van der Waals surface area (Å²) in [6, 6.07) is 0. The average molecular weight is 302 g/mol. The van der Waals surface area contributed by atoms with Crippen LogP contribution < -0.4 is 5.32 Å². The van der Waals surface area contributed by atoms with Gasteiger partial charge in [0.15, 0.2) is 5.13 Å². The van der Waals surface area contributed by atoms with E-state index in [1.54, 1.807) is 18.6 Å². The van der Waals surface area contributed by atoms with Crippen LogP contribution in [0.3, 0.4) is 0 Å². The largest absolute Gasteiger partial charge is 0.333 e. The van der Waals surface area contributed by atoms with E-state index >= 15 is 0 Å². The van der Waals surface area contributed by atoms with Crippen LogP contribution in [0.15, 0.2) is 23.1 Å². The molecule has 0 spiro atoms. The maximum absolute atomic E-state index is 11.0. The van der Waals surface area contributed by atoms with Crippen LogP contribution in [0.5, 0.6) is 0 Å². The summed E-state index contributed by atoms with van der Waals surface area (Å²) in [5.74, 6) is 0.510. The van der Waals surface area contributed by atoms with E-state index < -0.39 is 0 Å². The summed E-state index contributed by atoms with van der Waals surface area (Å²) in [5.41, 5.74) is 1.23. The van der Waals surface area contributed by atoms with Gasteiger partial charge in [-0.1, -0.05) is 16.5 Å². The fourth-order valence-corrected chi connectivity index (χ4v) is 2.57. The average Bonchev–Trinajstić information content (AvgIpc) is 3.06. The number of hydrogen-bond donors (Lipinski definition) is 1. The van der Waals surface area contributed by atoms with E-state index in [2.05, 4.69) is 30.4 Å². The Kier molecular flexibility index (Phi) is 3.40. The van der Waals surface area contributed by atoms with Gasteiger partial charge in [-0.25, -0.2) is 9.97 Å². The Morgan fingerprint density at radius 2 is 2.19 bits per heavy atom. The number of nitrogens with one attached hydrogen (secondary N) is 1. The highest BCUT2D eigenvalue weighted by atomic mass is 32.1. The number of nitrogens with zero attached hydrogens (tertiary/aromatic N) is 5. The van der Waals surface area contributed by atoms with Crippen molar-refractivity contribution < 1.29 is 9.32 Å². The summed E-state index contributed by atoms with van der Waals surface area (Å²) in [7, 11) is 0. The van der Waals surface area contributed by atoms with Gasteiger partial charge in [-0.2, -0.15) is 4.98 Å². The third kappa shape index (κ3) is 2.77. The van der Waals surface area contributed by atoms with E-state index in [1.807, 2.05) is 6.92 Å². The first-order valence-electron chi connectivity index (χ1n) is 5.99. The molecule has 3 aromatic heterocycles. The third-order valence-electron chi connectivity index (χ3n) is 2.49. The van der Waals surface area contributed by atoms with Crippen LogP contribution in [0.25, 0.3) is 22.3 Å². The number of thiazole rings is 1. The lowest BCUT2D eigenvalue weighted by Gasteiger charge is -1.91. The molecule has 106 valence electrons. The van der Waals surface area contributed by atoms with Gasteiger partial charge in [0.2, 0.25) is 11.7 Å². The fraction of sp³-hybridized carbons (Fsp3) is 0.167. The predicted octanol–water partition coefficient (Wildman–Crippen LogP) is 1.92. The van der Waals surface area contributed by atoms with Crippen LogP contribution in [0, 0.1) is 6.92 Å². The molecule has 0 atom stereocenters. The molecule has 8 nitrogen and oxygen atoms in total. The lowest BCUT2D eigenvalue weighted by Crippen LogP contribution is -2.04. The smallest absolute Gasteiger partial charge is 0.270 e. The van der Waals surface area contributed by atoms with Gasteiger partial charge in [-0.15, -0.1) is 0 Å². The number of amides is 1. The summed E-state index contributed by atoms with van der Waals surface area (Å²) in [6.45, 7) is 3.23. The Labute approximate surface area is 123 Å². The van der Waals surface area contributed by atoms with E-state index in [-0.39, 0.29) is 5.91 Å². The lowest BCUT2D eigenvalue weighted by molar-refractivity contribution is -0.114.